The van der Waals surface area contributed by atoms with Crippen molar-refractivity contribution in [2.45, 2.75) is 24.7 Å². The molecule has 10 aromatic carbocycles. The normalized spacial score (nSPS) is 13.7. The largest absolute Gasteiger partial charge is 0.309 e. The van der Waals surface area contributed by atoms with Gasteiger partial charge in [-0.25, -0.2) is 15.0 Å². The second-order valence-electron chi connectivity index (χ2n) is 19.5. The predicted octanol–water partition coefficient (Wildman–Crippen LogP) is 16.3. The van der Waals surface area contributed by atoms with Gasteiger partial charge in [0.15, 0.2) is 17.5 Å². The Morgan fingerprint density at radius 3 is 1.55 bits per heavy atom. The lowest BCUT2D eigenvalue weighted by molar-refractivity contribution is 0.563. The molecule has 2 aliphatic carbocycles. The van der Waals surface area contributed by atoms with Crippen molar-refractivity contribution in [3.05, 3.63) is 276 Å². The quantitative estimate of drug-likeness (QED) is 0.167. The number of rotatable bonds is 6. The third kappa shape index (κ3) is 6.14. The monoisotopic (exact) mass is 906 g/mol. The van der Waals surface area contributed by atoms with Crippen molar-refractivity contribution in [1.29, 1.82) is 0 Å². The SMILES string of the molecule is CC1(C)c2ccccc2C2(c3ccc(-c4ccc5c(c4)c4ccccc4n5-c4ccccc4)cc3-c3c(-c4nc(-c5ccccc5)nc(-c5cccc(-c6ccccc6)c5)n4)cccc32)c2ccccc21. The lowest BCUT2D eigenvalue weighted by atomic mass is 9.55. The molecule has 0 saturated carbocycles. The van der Waals surface area contributed by atoms with Crippen molar-refractivity contribution >= 4 is 21.8 Å². The fourth-order valence-electron chi connectivity index (χ4n) is 12.1. The van der Waals surface area contributed by atoms with Gasteiger partial charge in [0.1, 0.15) is 0 Å². The van der Waals surface area contributed by atoms with E-state index in [9.17, 15) is 0 Å². The molecule has 1 spiro atoms. The molecule has 0 fully saturated rings. The zero-order valence-electron chi connectivity index (χ0n) is 39.4. The molecule has 0 N–H and O–H groups in total. The summed E-state index contributed by atoms with van der Waals surface area (Å²) in [5.41, 5.74) is 20.2. The molecule has 0 atom stereocenters. The third-order valence-electron chi connectivity index (χ3n) is 15.3. The van der Waals surface area contributed by atoms with E-state index in [1.807, 2.05) is 18.2 Å². The molecule has 12 aromatic rings. The lowest BCUT2D eigenvalue weighted by Crippen LogP contribution is -2.40. The van der Waals surface area contributed by atoms with Gasteiger partial charge < -0.3 is 4.57 Å². The van der Waals surface area contributed by atoms with E-state index in [0.717, 1.165) is 50.2 Å². The Morgan fingerprint density at radius 2 is 0.817 bits per heavy atom. The second kappa shape index (κ2) is 15.8. The Balaban J connectivity index is 1.04. The van der Waals surface area contributed by atoms with Crippen LogP contribution in [0.3, 0.4) is 0 Å². The average molecular weight is 907 g/mol. The van der Waals surface area contributed by atoms with Gasteiger partial charge in [0.2, 0.25) is 0 Å². The average Bonchev–Trinajstić information content (AvgIpc) is 3.95. The van der Waals surface area contributed by atoms with Crippen molar-refractivity contribution < 1.29 is 0 Å². The van der Waals surface area contributed by atoms with Gasteiger partial charge in [-0.2, -0.15) is 0 Å². The van der Waals surface area contributed by atoms with Gasteiger partial charge in [-0.15, -0.1) is 0 Å². The Morgan fingerprint density at radius 1 is 0.310 bits per heavy atom. The molecular weight excluding hydrogens is 861 g/mol. The Labute approximate surface area is 413 Å². The van der Waals surface area contributed by atoms with Gasteiger partial charge in [-0.05, 0) is 109 Å². The highest BCUT2D eigenvalue weighted by atomic mass is 15.0. The summed E-state index contributed by atoms with van der Waals surface area (Å²) in [4.78, 5) is 16.1. The van der Waals surface area contributed by atoms with Crippen molar-refractivity contribution in [3.8, 4) is 73.2 Å². The van der Waals surface area contributed by atoms with E-state index in [1.165, 1.54) is 60.8 Å². The summed E-state index contributed by atoms with van der Waals surface area (Å²) < 4.78 is 2.38. The molecule has 334 valence electrons. The van der Waals surface area contributed by atoms with Crippen LogP contribution in [0.15, 0.2) is 243 Å². The minimum Gasteiger partial charge on any atom is -0.309 e. The Hall–Kier alpha value is -8.99. The predicted molar refractivity (Wildman–Crippen MR) is 291 cm³/mol. The van der Waals surface area contributed by atoms with Crippen molar-refractivity contribution in [1.82, 2.24) is 19.5 Å². The number of benzene rings is 10. The van der Waals surface area contributed by atoms with Crippen LogP contribution < -0.4 is 0 Å². The molecule has 0 aliphatic heterocycles. The summed E-state index contributed by atoms with van der Waals surface area (Å²) in [6.45, 7) is 4.76. The van der Waals surface area contributed by atoms with E-state index in [4.69, 9.17) is 15.0 Å². The van der Waals surface area contributed by atoms with Crippen LogP contribution in [0.1, 0.15) is 47.2 Å². The fraction of sp³-hybridized carbons (Fsp3) is 0.0597. The maximum absolute atomic E-state index is 5.48. The topological polar surface area (TPSA) is 43.6 Å². The molecule has 71 heavy (non-hydrogen) atoms. The number of nitrogens with zero attached hydrogens (tertiary/aromatic N) is 4. The minimum atomic E-state index is -0.614. The summed E-state index contributed by atoms with van der Waals surface area (Å²) in [5.74, 6) is 1.90. The zero-order valence-corrected chi connectivity index (χ0v) is 39.4. The first-order valence-corrected chi connectivity index (χ1v) is 24.5. The van der Waals surface area contributed by atoms with Crippen LogP contribution in [-0.4, -0.2) is 19.5 Å². The second-order valence-corrected chi connectivity index (χ2v) is 19.5. The van der Waals surface area contributed by atoms with E-state index in [-0.39, 0.29) is 5.41 Å². The van der Waals surface area contributed by atoms with Crippen LogP contribution in [0.25, 0.3) is 95.0 Å². The first-order valence-electron chi connectivity index (χ1n) is 24.5. The fourth-order valence-corrected chi connectivity index (χ4v) is 12.1. The van der Waals surface area contributed by atoms with Gasteiger partial charge in [-0.1, -0.05) is 214 Å². The van der Waals surface area contributed by atoms with Crippen LogP contribution in [0, 0.1) is 0 Å². The van der Waals surface area contributed by atoms with Crippen LogP contribution >= 0.6 is 0 Å². The molecule has 0 unspecified atom stereocenters. The van der Waals surface area contributed by atoms with E-state index in [0.29, 0.717) is 17.5 Å². The van der Waals surface area contributed by atoms with Gasteiger partial charge in [0.25, 0.3) is 0 Å². The molecule has 0 amide bonds. The van der Waals surface area contributed by atoms with Gasteiger partial charge in [-0.3, -0.25) is 0 Å². The van der Waals surface area contributed by atoms with E-state index >= 15 is 0 Å². The van der Waals surface area contributed by atoms with Gasteiger partial charge >= 0.3 is 0 Å². The first kappa shape index (κ1) is 41.0. The number of hydrogen-bond acceptors (Lipinski definition) is 3. The van der Waals surface area contributed by atoms with E-state index in [2.05, 4.69) is 243 Å². The highest BCUT2D eigenvalue weighted by Crippen LogP contribution is 2.63. The smallest absolute Gasteiger partial charge is 0.164 e. The van der Waals surface area contributed by atoms with Crippen LogP contribution in [-0.2, 0) is 10.8 Å². The van der Waals surface area contributed by atoms with Gasteiger partial charge in [0, 0.05) is 38.6 Å². The number of fused-ring (bicyclic) bond motifs is 12. The van der Waals surface area contributed by atoms with Crippen LogP contribution in [0.2, 0.25) is 0 Å². The molecule has 0 bridgehead atoms. The van der Waals surface area contributed by atoms with Crippen molar-refractivity contribution in [2.24, 2.45) is 0 Å². The Kier molecular flexibility index (Phi) is 9.12. The highest BCUT2D eigenvalue weighted by molar-refractivity contribution is 6.10. The number of hydrogen-bond donors (Lipinski definition) is 0. The summed E-state index contributed by atoms with van der Waals surface area (Å²) in [7, 11) is 0. The summed E-state index contributed by atoms with van der Waals surface area (Å²) in [6.07, 6.45) is 0. The Bertz CT molecular complexity index is 4030. The van der Waals surface area contributed by atoms with Crippen molar-refractivity contribution in [2.75, 3.05) is 0 Å². The van der Waals surface area contributed by atoms with E-state index < -0.39 is 5.41 Å². The summed E-state index contributed by atoms with van der Waals surface area (Å²) in [5, 5.41) is 2.45. The molecular formula is C67H46N4. The molecule has 2 aliphatic rings. The molecule has 0 radical (unpaired) electrons. The van der Waals surface area contributed by atoms with E-state index in [1.54, 1.807) is 0 Å². The molecule has 2 aromatic heterocycles. The summed E-state index contributed by atoms with van der Waals surface area (Å²) in [6, 6.07) is 88.1. The number of para-hydroxylation sites is 2. The van der Waals surface area contributed by atoms with Gasteiger partial charge in [0.05, 0.1) is 16.4 Å². The number of aromatic nitrogens is 4. The molecule has 0 saturated heterocycles. The highest BCUT2D eigenvalue weighted by Gasteiger charge is 2.54. The molecule has 4 heteroatoms. The lowest BCUT2D eigenvalue weighted by Gasteiger charge is -2.46. The summed E-state index contributed by atoms with van der Waals surface area (Å²) >= 11 is 0. The molecule has 2 heterocycles. The van der Waals surface area contributed by atoms with Crippen LogP contribution in [0.5, 0.6) is 0 Å². The molecule has 4 nitrogen and oxygen atoms in total. The minimum absolute atomic E-state index is 0.227. The third-order valence-corrected chi connectivity index (χ3v) is 15.3. The maximum Gasteiger partial charge on any atom is 0.164 e. The van der Waals surface area contributed by atoms with Crippen molar-refractivity contribution in [3.63, 3.8) is 0 Å². The zero-order chi connectivity index (χ0) is 47.3. The standard InChI is InChI=1S/C67H46N4/c1-66(2)55-30-13-15-32-57(55)67(58-33-16-14-31-56(58)66)54-38-36-46(47-37-39-61-52(41-47)50-28-12-17-35-60(50)71(61)49-26-10-5-11-27-49)42-53(54)62-51(29-19-34-59(62)67)65-69-63(44-22-8-4-9-23-44)68-64(70-65)48-25-18-24-45(40-48)43-20-6-3-7-21-43/h3-42H,1-2H3. The van der Waals surface area contributed by atoms with Crippen LogP contribution in [0.4, 0.5) is 0 Å². The maximum atomic E-state index is 5.48. The first-order chi connectivity index (χ1) is 35.0. The molecule has 14 rings (SSSR count).